The molecule has 5 N–H and O–H groups in total. The molecule has 364 valence electrons. The minimum Gasteiger partial charge on any atom is -0.462 e. The summed E-state index contributed by atoms with van der Waals surface area (Å²) in [5, 5.41) is 0. The Hall–Kier alpha value is -1.51. The Morgan fingerprint density at radius 2 is 0.803 bits per heavy atom. The van der Waals surface area contributed by atoms with Gasteiger partial charge in [0.2, 0.25) is 0 Å². The number of carbonyl (C=O) groups excluding carboxylic acids is 4. The van der Waals surface area contributed by atoms with E-state index in [9.17, 15) is 28.6 Å². The maximum atomic E-state index is 13.0. The van der Waals surface area contributed by atoms with Crippen molar-refractivity contribution in [3.8, 4) is 0 Å². The zero-order chi connectivity index (χ0) is 44.3. The number of phosphoric acid groups is 1. The van der Waals surface area contributed by atoms with Crippen LogP contribution in [-0.2, 0) is 51.7 Å². The molecule has 0 aromatic rings. The van der Waals surface area contributed by atoms with Gasteiger partial charge in [0.15, 0.2) is 12.2 Å². The van der Waals surface area contributed by atoms with Crippen LogP contribution in [0, 0.1) is 11.8 Å². The first-order valence-electron chi connectivity index (χ1n) is 23.0. The molecular formula is C44H87Cl2N2O12P. The molecule has 0 saturated heterocycles. The molecule has 0 aliphatic rings. The topological polar surface area (TPSA) is 213 Å². The summed E-state index contributed by atoms with van der Waals surface area (Å²) in [6, 6.07) is -1.96. The van der Waals surface area contributed by atoms with Gasteiger partial charge in [0.05, 0.1) is 13.2 Å². The third kappa shape index (κ3) is 37.6. The average molecular weight is 938 g/mol. The van der Waals surface area contributed by atoms with Crippen molar-refractivity contribution in [1.82, 2.24) is 0 Å². The van der Waals surface area contributed by atoms with Crippen molar-refractivity contribution >= 4 is 56.5 Å². The normalized spacial score (nSPS) is 14.2. The average Bonchev–Trinajstić information content (AvgIpc) is 3.20. The molecule has 0 aromatic carbocycles. The fraction of sp³-hybridized carbons (Fsp3) is 0.909. The van der Waals surface area contributed by atoms with Crippen molar-refractivity contribution in [3.63, 3.8) is 0 Å². The van der Waals surface area contributed by atoms with Gasteiger partial charge in [0, 0.05) is 12.8 Å². The predicted octanol–water partition coefficient (Wildman–Crippen LogP) is 10.2. The summed E-state index contributed by atoms with van der Waals surface area (Å²) in [6.07, 6.45) is 22.8. The Labute approximate surface area is 381 Å². The number of rotatable bonds is 40. The third-order valence-corrected chi connectivity index (χ3v) is 11.2. The molecule has 0 radical (unpaired) electrons. The van der Waals surface area contributed by atoms with E-state index in [4.69, 9.17) is 39.5 Å². The van der Waals surface area contributed by atoms with Gasteiger partial charge in [-0.3, -0.25) is 28.2 Å². The number of unbranched alkanes of at least 4 members (excludes halogenated alkanes) is 20. The summed E-state index contributed by atoms with van der Waals surface area (Å²) >= 11 is 0. The lowest BCUT2D eigenvalue weighted by Crippen LogP contribution is -2.42. The van der Waals surface area contributed by atoms with Gasteiger partial charge in [-0.2, -0.15) is 0 Å². The summed E-state index contributed by atoms with van der Waals surface area (Å²) in [4.78, 5) is 60.9. The van der Waals surface area contributed by atoms with E-state index < -0.39 is 75.8 Å². The van der Waals surface area contributed by atoms with E-state index in [2.05, 4.69) is 13.8 Å². The van der Waals surface area contributed by atoms with Gasteiger partial charge in [0.25, 0.3) is 0 Å². The van der Waals surface area contributed by atoms with E-state index in [1.165, 1.54) is 89.9 Å². The largest absolute Gasteiger partial charge is 0.472 e. The minimum atomic E-state index is -4.87. The van der Waals surface area contributed by atoms with Gasteiger partial charge in [-0.1, -0.05) is 170 Å². The summed E-state index contributed by atoms with van der Waals surface area (Å²) in [7, 11) is -4.87. The third-order valence-electron chi connectivity index (χ3n) is 10.2. The molecule has 61 heavy (non-hydrogen) atoms. The molecule has 0 aliphatic carbocycles. The Kier molecular flexibility index (Phi) is 43.1. The van der Waals surface area contributed by atoms with Gasteiger partial charge in [-0.25, -0.2) is 4.57 Å². The molecule has 5 atom stereocenters. The maximum Gasteiger partial charge on any atom is 0.472 e. The second kappa shape index (κ2) is 41.2. The summed E-state index contributed by atoms with van der Waals surface area (Å²) in [6.45, 7) is 9.10. The lowest BCUT2D eigenvalue weighted by Gasteiger charge is -2.24. The van der Waals surface area contributed by atoms with Gasteiger partial charge in [-0.05, 0) is 24.7 Å². The molecule has 0 aromatic heterocycles. The zero-order valence-electron chi connectivity index (χ0n) is 38.6. The van der Waals surface area contributed by atoms with Crippen molar-refractivity contribution in [2.75, 3.05) is 26.4 Å². The lowest BCUT2D eigenvalue weighted by molar-refractivity contribution is -0.164. The quantitative estimate of drug-likeness (QED) is 0.0226. The molecule has 2 unspecified atom stereocenters. The molecule has 0 rings (SSSR count). The Morgan fingerprint density at radius 3 is 1.20 bits per heavy atom. The highest BCUT2D eigenvalue weighted by Crippen LogP contribution is 2.43. The lowest BCUT2D eigenvalue weighted by atomic mass is 10.1. The fourth-order valence-corrected chi connectivity index (χ4v) is 6.84. The predicted molar refractivity (Wildman–Crippen MR) is 246 cm³/mol. The Balaban J connectivity index is -0.0000168. The first-order chi connectivity index (χ1) is 28.1. The number of esters is 4. The van der Waals surface area contributed by atoms with Gasteiger partial charge >= 0.3 is 31.7 Å². The van der Waals surface area contributed by atoms with Crippen LogP contribution < -0.4 is 11.5 Å². The first-order valence-corrected chi connectivity index (χ1v) is 24.5. The number of carbonyl (C=O) groups is 4. The molecular weight excluding hydrogens is 850 g/mol. The number of hydrogen-bond acceptors (Lipinski definition) is 13. The number of hydrogen-bond donors (Lipinski definition) is 3. The van der Waals surface area contributed by atoms with Crippen molar-refractivity contribution < 1.29 is 56.6 Å². The van der Waals surface area contributed by atoms with Crippen molar-refractivity contribution in [2.45, 2.75) is 220 Å². The van der Waals surface area contributed by atoms with Crippen LogP contribution in [0.5, 0.6) is 0 Å². The van der Waals surface area contributed by atoms with Crippen LogP contribution in [0.1, 0.15) is 196 Å². The number of halogens is 2. The number of nitrogens with two attached hydrogens (primary N) is 2. The molecule has 0 spiro atoms. The van der Waals surface area contributed by atoms with E-state index in [1.807, 2.05) is 0 Å². The van der Waals surface area contributed by atoms with Crippen LogP contribution >= 0.6 is 32.6 Å². The zero-order valence-corrected chi connectivity index (χ0v) is 41.1. The highest BCUT2D eigenvalue weighted by atomic mass is 35.5. The van der Waals surface area contributed by atoms with E-state index in [-0.39, 0.29) is 56.1 Å². The van der Waals surface area contributed by atoms with Crippen LogP contribution in [-0.4, -0.2) is 79.5 Å². The number of phosphoric ester groups is 1. The molecule has 0 heterocycles. The van der Waals surface area contributed by atoms with Crippen molar-refractivity contribution in [3.05, 3.63) is 0 Å². The fourth-order valence-electron chi connectivity index (χ4n) is 6.05. The van der Waals surface area contributed by atoms with E-state index in [0.29, 0.717) is 12.8 Å². The van der Waals surface area contributed by atoms with Crippen LogP contribution in [0.3, 0.4) is 0 Å². The van der Waals surface area contributed by atoms with Crippen LogP contribution in [0.15, 0.2) is 0 Å². The van der Waals surface area contributed by atoms with Crippen molar-refractivity contribution in [1.29, 1.82) is 0 Å². The monoisotopic (exact) mass is 937 g/mol. The van der Waals surface area contributed by atoms with E-state index in [0.717, 1.165) is 38.5 Å². The van der Waals surface area contributed by atoms with Gasteiger partial charge in [-0.15, -0.1) is 24.8 Å². The minimum absolute atomic E-state index is 0. The summed E-state index contributed by atoms with van der Waals surface area (Å²) in [5.74, 6) is -3.10. The Bertz CT molecular complexity index is 1150. The van der Waals surface area contributed by atoms with Crippen LogP contribution in [0.4, 0.5) is 0 Å². The first kappa shape index (κ1) is 63.8. The molecule has 0 aliphatic heterocycles. The molecule has 0 fully saturated rings. The highest BCUT2D eigenvalue weighted by Gasteiger charge is 2.31. The van der Waals surface area contributed by atoms with Crippen molar-refractivity contribution in [2.24, 2.45) is 23.3 Å². The van der Waals surface area contributed by atoms with E-state index in [1.54, 1.807) is 27.7 Å². The molecule has 0 saturated carbocycles. The standard InChI is InChI=1S/C44H85N2O12P.2ClH/c1-7-9-11-13-15-17-19-21-23-25-27-29-39(47)53-31-37(57-40(48)30-28-26-24-22-20-18-16-14-12-10-8-2)33-55-59(51,52)56-34-38(58-44(50)42(46)36(5)6)32-54-43(49)41(45)35(3)4;;/h35-38,41-42H,7-34,45-46H2,1-6H3,(H,51,52);2*1H/t37-,38?,41+,42+;;/m1../s1. The van der Waals surface area contributed by atoms with Crippen LogP contribution in [0.2, 0.25) is 0 Å². The molecule has 14 nitrogen and oxygen atoms in total. The Morgan fingerprint density at radius 1 is 0.475 bits per heavy atom. The molecule has 0 bridgehead atoms. The molecule has 17 heteroatoms. The highest BCUT2D eigenvalue weighted by molar-refractivity contribution is 7.47. The maximum absolute atomic E-state index is 13.0. The summed E-state index contributed by atoms with van der Waals surface area (Å²) in [5.41, 5.74) is 11.8. The molecule has 0 amide bonds. The smallest absolute Gasteiger partial charge is 0.462 e. The van der Waals surface area contributed by atoms with E-state index >= 15 is 0 Å². The van der Waals surface area contributed by atoms with Gasteiger partial charge < -0.3 is 35.3 Å². The second-order valence-corrected chi connectivity index (χ2v) is 18.1. The van der Waals surface area contributed by atoms with Gasteiger partial charge in [0.1, 0.15) is 25.3 Å². The number of ether oxygens (including phenoxy) is 4. The van der Waals surface area contributed by atoms with Crippen LogP contribution in [0.25, 0.3) is 0 Å². The SMILES string of the molecule is CCCCCCCCCCCCCC(=O)OC[C@H](COP(=O)(O)OCC(COC(=O)[C@@H](N)C(C)C)OC(=O)[C@@H](N)C(C)C)OC(=O)CCCCCCCCCCCCC.Cl.Cl. The summed E-state index contributed by atoms with van der Waals surface area (Å²) < 4.78 is 44.8. The second-order valence-electron chi connectivity index (χ2n) is 16.7.